The monoisotopic (exact) mass is 583 g/mol. The molecule has 0 aliphatic carbocycles. The summed E-state index contributed by atoms with van der Waals surface area (Å²) >= 11 is 0. The van der Waals surface area contributed by atoms with E-state index in [0.717, 1.165) is 0 Å². The largest absolute Gasteiger partial charge is 0.415 e. The van der Waals surface area contributed by atoms with Crippen molar-refractivity contribution in [3.8, 4) is 0 Å². The highest BCUT2D eigenvalue weighted by molar-refractivity contribution is 7.69. The van der Waals surface area contributed by atoms with Crippen LogP contribution in [0.2, 0.25) is 42.3 Å². The van der Waals surface area contributed by atoms with Crippen molar-refractivity contribution in [2.45, 2.75) is 219 Å². The lowest BCUT2D eigenvalue weighted by atomic mass is 9.93. The normalized spacial score (nSPS) is 19.6. The minimum absolute atomic E-state index is 0.252. The van der Waals surface area contributed by atoms with Gasteiger partial charge in [0.25, 0.3) is 0 Å². The quantitative estimate of drug-likeness (QED) is 0.103. The smallest absolute Gasteiger partial charge is 0.178 e. The molecule has 0 bridgehead atoms. The first-order valence-corrected chi connectivity index (χ1v) is 27.5. The Morgan fingerprint density at radius 2 is 0.789 bits per heavy atom. The fourth-order valence-electron chi connectivity index (χ4n) is 8.73. The van der Waals surface area contributed by atoms with Crippen LogP contribution in [-0.2, 0) is 4.43 Å². The van der Waals surface area contributed by atoms with Gasteiger partial charge >= 0.3 is 0 Å². The second kappa shape index (κ2) is 19.7. The molecule has 0 amide bonds. The van der Waals surface area contributed by atoms with Gasteiger partial charge in [-0.15, -0.1) is 0 Å². The Morgan fingerprint density at radius 3 is 1.16 bits per heavy atom. The third-order valence-corrected chi connectivity index (χ3v) is 51.0. The maximum atomic E-state index is 8.33. The fraction of sp³-hybridized carbons (Fsp3) is 1.00. The van der Waals surface area contributed by atoms with Crippen LogP contribution in [0, 0.1) is 0 Å². The van der Waals surface area contributed by atoms with Crippen LogP contribution < -0.4 is 0 Å². The summed E-state index contributed by atoms with van der Waals surface area (Å²) in [5.41, 5.74) is 0.252. The van der Waals surface area contributed by atoms with Crippen LogP contribution >= 0.6 is 0 Å². The Labute approximate surface area is 245 Å². The molecule has 1 nitrogen and oxygen atoms in total. The summed E-state index contributed by atoms with van der Waals surface area (Å²) in [6, 6.07) is 11.4. The summed E-state index contributed by atoms with van der Waals surface area (Å²) in [5.74, 6) is 0. The van der Waals surface area contributed by atoms with Gasteiger partial charge in [0.15, 0.2) is 7.83 Å². The van der Waals surface area contributed by atoms with E-state index in [1.54, 1.807) is 30.2 Å². The Hall–Kier alpha value is 0.611. The van der Waals surface area contributed by atoms with Gasteiger partial charge in [-0.3, -0.25) is 0 Å². The maximum absolute atomic E-state index is 8.33. The topological polar surface area (TPSA) is 9.23 Å². The third-order valence-electron chi connectivity index (χ3n) is 10.7. The summed E-state index contributed by atoms with van der Waals surface area (Å²) in [5, 5.41) is 0. The van der Waals surface area contributed by atoms with E-state index in [9.17, 15) is 0 Å². The average molecular weight is 583 g/mol. The number of unbranched alkanes of at least 4 members (excludes halogenated alkanes) is 8. The molecule has 0 radical (unpaired) electrons. The van der Waals surface area contributed by atoms with E-state index >= 15 is 0 Å². The summed E-state index contributed by atoms with van der Waals surface area (Å²) < 4.78 is 8.33. The molecule has 0 aromatic rings. The number of hydrogen-bond donors (Lipinski definition) is 0. The summed E-state index contributed by atoms with van der Waals surface area (Å²) in [6.45, 7) is 19.7. The molecule has 228 valence electrons. The average Bonchev–Trinajstić information content (AvgIpc) is 2.94. The van der Waals surface area contributed by atoms with Crippen molar-refractivity contribution in [1.82, 2.24) is 0 Å². The van der Waals surface area contributed by atoms with Gasteiger partial charge in [0.05, 0.1) is 20.3 Å². The molecule has 1 rings (SSSR count). The molecule has 1 heterocycles. The molecule has 0 aromatic heterocycles. The molecule has 0 atom stereocenters. The van der Waals surface area contributed by atoms with Crippen molar-refractivity contribution in [3.63, 3.8) is 0 Å². The first-order chi connectivity index (χ1) is 18.4. The highest BCUT2D eigenvalue weighted by Gasteiger charge is 2.70. The first-order valence-electron chi connectivity index (χ1n) is 18.1. The Morgan fingerprint density at radius 1 is 0.447 bits per heavy atom. The van der Waals surface area contributed by atoms with Crippen molar-refractivity contribution in [3.05, 3.63) is 0 Å². The summed E-state index contributed by atoms with van der Waals surface area (Å²) in [7, 11) is -4.87. The van der Waals surface area contributed by atoms with Crippen LogP contribution in [0.3, 0.4) is 0 Å². The van der Waals surface area contributed by atoms with Gasteiger partial charge in [-0.1, -0.05) is 182 Å². The molecule has 1 aliphatic rings. The predicted molar refractivity (Wildman–Crippen MR) is 183 cm³/mol. The Kier molecular flexibility index (Phi) is 19.0. The molecule has 1 fully saturated rings. The number of hydrogen-bond acceptors (Lipinski definition) is 1. The summed E-state index contributed by atoms with van der Waals surface area (Å²) in [4.78, 5) is 0. The number of rotatable bonds is 24. The fourth-order valence-corrected chi connectivity index (χ4v) is 60.6. The van der Waals surface area contributed by atoms with Crippen molar-refractivity contribution >= 4 is 22.5 Å². The molecule has 1 aliphatic heterocycles. The molecule has 38 heavy (non-hydrogen) atoms. The highest BCUT2D eigenvalue weighted by atomic mass is 29.6. The maximum Gasteiger partial charge on any atom is 0.178 e. The van der Waals surface area contributed by atoms with Crippen molar-refractivity contribution < 1.29 is 4.43 Å². The van der Waals surface area contributed by atoms with Crippen molar-refractivity contribution in [2.24, 2.45) is 0 Å². The molecule has 1 saturated heterocycles. The summed E-state index contributed by atoms with van der Waals surface area (Å²) in [6.07, 6.45) is 25.5. The van der Waals surface area contributed by atoms with Gasteiger partial charge in [0, 0.05) is 0 Å². The van der Waals surface area contributed by atoms with Crippen LogP contribution in [0.5, 0.6) is 0 Å². The van der Waals surface area contributed by atoms with Crippen LogP contribution in [0.1, 0.15) is 171 Å². The van der Waals surface area contributed by atoms with Gasteiger partial charge in [0.2, 0.25) is 0 Å². The van der Waals surface area contributed by atoms with Gasteiger partial charge in [-0.2, -0.15) is 0 Å². The molecule has 0 spiro atoms. The first kappa shape index (κ1) is 36.6. The molecule has 0 saturated carbocycles. The third kappa shape index (κ3) is 9.31. The second-order valence-electron chi connectivity index (χ2n) is 13.6. The lowest BCUT2D eigenvalue weighted by molar-refractivity contribution is 0.0520. The van der Waals surface area contributed by atoms with Gasteiger partial charge in [-0.05, 0) is 31.0 Å². The van der Waals surface area contributed by atoms with Crippen LogP contribution in [0.15, 0.2) is 0 Å². The minimum Gasteiger partial charge on any atom is -0.415 e. The van der Waals surface area contributed by atoms with Crippen molar-refractivity contribution in [2.75, 3.05) is 0 Å². The van der Waals surface area contributed by atoms with Crippen LogP contribution in [-0.4, -0.2) is 28.1 Å². The van der Waals surface area contributed by atoms with Crippen molar-refractivity contribution in [1.29, 1.82) is 0 Å². The van der Waals surface area contributed by atoms with Crippen LogP contribution in [0.25, 0.3) is 0 Å². The molecule has 0 aromatic carbocycles. The van der Waals surface area contributed by atoms with E-state index in [4.69, 9.17) is 4.43 Å². The molecular formula is C34H74OSi3. The van der Waals surface area contributed by atoms with E-state index in [-0.39, 0.29) is 5.60 Å². The zero-order chi connectivity index (χ0) is 28.4. The van der Waals surface area contributed by atoms with Gasteiger partial charge < -0.3 is 4.43 Å². The highest BCUT2D eigenvalue weighted by Crippen LogP contribution is 2.58. The molecule has 0 unspecified atom stereocenters. The Bertz CT molecular complexity index is 512. The van der Waals surface area contributed by atoms with E-state index in [1.807, 2.05) is 0 Å². The lowest BCUT2D eigenvalue weighted by Gasteiger charge is -2.67. The van der Waals surface area contributed by atoms with E-state index in [0.29, 0.717) is 0 Å². The second-order valence-corrected chi connectivity index (χ2v) is 37.1. The Balaban J connectivity index is 4.06. The van der Waals surface area contributed by atoms with Gasteiger partial charge in [0.1, 0.15) is 0 Å². The molecule has 0 N–H and O–H groups in total. The van der Waals surface area contributed by atoms with Crippen LogP contribution in [0.4, 0.5) is 0 Å². The standard InChI is InChI=1S/C34H74OSi3/c1-9-17-25-34(26-18-10-2)33-36(27-19-11-3,28-20-12-4)38(31-23-15-7,32-24-16-8)37(35-34,29-21-13-5)30-22-14-6/h9-33H2,1-8H3. The molecular weight excluding hydrogens is 509 g/mol. The van der Waals surface area contributed by atoms with E-state index in [2.05, 4.69) is 55.4 Å². The molecule has 4 heteroatoms. The van der Waals surface area contributed by atoms with Gasteiger partial charge in [-0.25, -0.2) is 0 Å². The van der Waals surface area contributed by atoms with E-state index < -0.39 is 22.5 Å². The lowest BCUT2D eigenvalue weighted by Crippen LogP contribution is -2.84. The predicted octanol–water partition coefficient (Wildman–Crippen LogP) is 12.9. The zero-order valence-corrected chi connectivity index (χ0v) is 31.1. The SMILES string of the molecule is CCCCC1(CCCC)C[Si](CCCC)(CCCC)[Si](CCCC)(CCCC)[Si](CCCC)(CCCC)O1. The minimum atomic E-state index is -1.85. The van der Waals surface area contributed by atoms with E-state index in [1.165, 1.54) is 128 Å². The zero-order valence-electron chi connectivity index (χ0n) is 28.1.